The highest BCUT2D eigenvalue weighted by Gasteiger charge is 2.33. The Morgan fingerprint density at radius 2 is 1.71 bits per heavy atom. The number of aromatic nitrogens is 2. The topological polar surface area (TPSA) is 96.1 Å². The second kappa shape index (κ2) is 9.26. The molecule has 0 fully saturated rings. The van der Waals surface area contributed by atoms with Crippen LogP contribution >= 0.6 is 0 Å². The maximum absolute atomic E-state index is 13.4. The molecule has 3 N–H and O–H groups in total. The summed E-state index contributed by atoms with van der Waals surface area (Å²) in [6.45, 7) is 0. The smallest absolute Gasteiger partial charge is 0.416 e. The number of carbonyl (C=O) groups is 1. The number of H-pyrrole nitrogens is 1. The number of methoxy groups -OCH3 is 1. The number of alkyl halides is 3. The third-order valence-corrected chi connectivity index (χ3v) is 5.13. The zero-order valence-corrected chi connectivity index (χ0v) is 17.9. The van der Waals surface area contributed by atoms with E-state index in [-0.39, 0.29) is 23.1 Å². The molecule has 1 heterocycles. The summed E-state index contributed by atoms with van der Waals surface area (Å²) in [4.78, 5) is 24.7. The fourth-order valence-corrected chi connectivity index (χ4v) is 3.56. The molecule has 7 nitrogen and oxygen atoms in total. The van der Waals surface area contributed by atoms with E-state index in [1.807, 2.05) is 0 Å². The van der Waals surface area contributed by atoms with Crippen LogP contribution < -0.4 is 20.9 Å². The van der Waals surface area contributed by atoms with Crippen LogP contribution in [0.3, 0.4) is 0 Å². The summed E-state index contributed by atoms with van der Waals surface area (Å²) in [5.41, 5.74) is -0.144. The molecule has 0 atom stereocenters. The normalized spacial score (nSPS) is 11.3. The van der Waals surface area contributed by atoms with Gasteiger partial charge in [-0.1, -0.05) is 30.3 Å². The van der Waals surface area contributed by atoms with Crippen LogP contribution in [0.2, 0.25) is 0 Å². The van der Waals surface area contributed by atoms with Gasteiger partial charge >= 0.3 is 12.2 Å². The number of urea groups is 1. The summed E-state index contributed by atoms with van der Waals surface area (Å²) in [7, 11) is 1.51. The van der Waals surface area contributed by atoms with Crippen molar-refractivity contribution in [3.8, 4) is 5.75 Å². The van der Waals surface area contributed by atoms with Crippen molar-refractivity contribution in [2.75, 3.05) is 17.7 Å². The molecule has 2 amide bonds. The first-order valence-corrected chi connectivity index (χ1v) is 10.1. The Balaban J connectivity index is 1.60. The Hall–Kier alpha value is -4.34. The largest absolute Gasteiger partial charge is 0.497 e. The van der Waals surface area contributed by atoms with Crippen molar-refractivity contribution in [3.05, 3.63) is 93.9 Å². The van der Waals surface area contributed by atoms with Gasteiger partial charge in [-0.25, -0.2) is 9.89 Å². The van der Waals surface area contributed by atoms with Crippen LogP contribution in [0.5, 0.6) is 5.75 Å². The molecular formula is C24H19F3N4O3. The third kappa shape index (κ3) is 5.01. The average molecular weight is 468 g/mol. The van der Waals surface area contributed by atoms with E-state index < -0.39 is 23.3 Å². The van der Waals surface area contributed by atoms with Gasteiger partial charge in [-0.3, -0.25) is 4.79 Å². The molecule has 0 unspecified atom stereocenters. The van der Waals surface area contributed by atoms with Crippen LogP contribution in [0.4, 0.5) is 29.3 Å². The number of anilines is 2. The van der Waals surface area contributed by atoms with E-state index in [1.165, 1.54) is 31.4 Å². The van der Waals surface area contributed by atoms with Crippen molar-refractivity contribution in [1.82, 2.24) is 10.2 Å². The summed E-state index contributed by atoms with van der Waals surface area (Å²) < 4.78 is 45.2. The molecule has 34 heavy (non-hydrogen) atoms. The lowest BCUT2D eigenvalue weighted by Gasteiger charge is -2.13. The van der Waals surface area contributed by atoms with Crippen molar-refractivity contribution in [2.45, 2.75) is 12.6 Å². The quantitative estimate of drug-likeness (QED) is 0.376. The molecule has 0 bridgehead atoms. The van der Waals surface area contributed by atoms with Gasteiger partial charge in [-0.05, 0) is 35.9 Å². The number of fused-ring (bicyclic) bond motifs is 1. The van der Waals surface area contributed by atoms with E-state index in [9.17, 15) is 22.8 Å². The van der Waals surface area contributed by atoms with Crippen molar-refractivity contribution < 1.29 is 22.7 Å². The van der Waals surface area contributed by atoms with E-state index in [4.69, 9.17) is 4.74 Å². The molecule has 1 aromatic heterocycles. The van der Waals surface area contributed by atoms with E-state index in [2.05, 4.69) is 20.8 Å². The standard InChI is InChI=1S/C24H19F3N4O3/c1-34-17-7-4-6-15(12-17)28-23(33)29-16-9-10-18-19(13-16)22(32)31-30-21(18)11-14-5-2-3-8-20(14)24(25,26)27/h2-10,12-13H,11H2,1H3,(H,31,32)(H2,28,29,33). The molecule has 10 heteroatoms. The van der Waals surface area contributed by atoms with Crippen LogP contribution in [-0.4, -0.2) is 23.3 Å². The zero-order chi connectivity index (χ0) is 24.3. The van der Waals surface area contributed by atoms with Gasteiger partial charge in [-0.15, -0.1) is 0 Å². The number of halogens is 3. The van der Waals surface area contributed by atoms with Crippen molar-refractivity contribution in [3.63, 3.8) is 0 Å². The highest BCUT2D eigenvalue weighted by Crippen LogP contribution is 2.33. The minimum atomic E-state index is -4.51. The SMILES string of the molecule is COc1cccc(NC(=O)Nc2ccc3c(Cc4ccccc4C(F)(F)F)n[nH]c(=O)c3c2)c1. The number of rotatable bonds is 5. The van der Waals surface area contributed by atoms with Crippen molar-refractivity contribution in [2.24, 2.45) is 0 Å². The lowest BCUT2D eigenvalue weighted by Crippen LogP contribution is -2.20. The van der Waals surface area contributed by atoms with Crippen LogP contribution in [0, 0.1) is 0 Å². The molecule has 0 aliphatic carbocycles. The fourth-order valence-electron chi connectivity index (χ4n) is 3.56. The number of nitrogens with one attached hydrogen (secondary N) is 3. The molecule has 4 aromatic rings. The lowest BCUT2D eigenvalue weighted by atomic mass is 9.99. The number of carbonyl (C=O) groups excluding carboxylic acids is 1. The first-order chi connectivity index (χ1) is 16.2. The zero-order valence-electron chi connectivity index (χ0n) is 17.9. The molecule has 0 radical (unpaired) electrons. The maximum atomic E-state index is 13.4. The van der Waals surface area contributed by atoms with E-state index in [0.29, 0.717) is 22.5 Å². The molecule has 0 saturated carbocycles. The van der Waals surface area contributed by atoms with E-state index >= 15 is 0 Å². The van der Waals surface area contributed by atoms with Crippen LogP contribution in [0.1, 0.15) is 16.8 Å². The van der Waals surface area contributed by atoms with Gasteiger partial charge in [0.1, 0.15) is 5.75 Å². The summed E-state index contributed by atoms with van der Waals surface area (Å²) >= 11 is 0. The first kappa shape index (κ1) is 22.8. The van der Waals surface area contributed by atoms with Crippen molar-refractivity contribution in [1.29, 1.82) is 0 Å². The summed E-state index contributed by atoms with van der Waals surface area (Å²) in [6.07, 6.45) is -4.64. The van der Waals surface area contributed by atoms with Crippen LogP contribution in [0.15, 0.2) is 71.5 Å². The second-order valence-electron chi connectivity index (χ2n) is 7.40. The Morgan fingerprint density at radius 3 is 2.44 bits per heavy atom. The van der Waals surface area contributed by atoms with Crippen LogP contribution in [0.25, 0.3) is 10.8 Å². The van der Waals surface area contributed by atoms with Gasteiger partial charge in [-0.2, -0.15) is 18.3 Å². The number of amides is 2. The van der Waals surface area contributed by atoms with E-state index in [1.54, 1.807) is 36.4 Å². The minimum absolute atomic E-state index is 0.0377. The maximum Gasteiger partial charge on any atom is 0.416 e. The van der Waals surface area contributed by atoms with E-state index in [0.717, 1.165) is 6.07 Å². The number of nitrogens with zero attached hydrogens (tertiary/aromatic N) is 1. The summed E-state index contributed by atoms with van der Waals surface area (Å²) in [6, 6.07) is 16.0. The predicted octanol–water partition coefficient (Wildman–Crippen LogP) is 5.19. The number of ether oxygens (including phenoxy) is 1. The fraction of sp³-hybridized carbons (Fsp3) is 0.125. The molecule has 0 aliphatic heterocycles. The molecule has 0 aliphatic rings. The Labute approximate surface area is 191 Å². The first-order valence-electron chi connectivity index (χ1n) is 10.1. The van der Waals surface area contributed by atoms with Crippen molar-refractivity contribution >= 4 is 28.2 Å². The van der Waals surface area contributed by atoms with Gasteiger partial charge in [0.2, 0.25) is 0 Å². The van der Waals surface area contributed by atoms with Crippen LogP contribution in [-0.2, 0) is 12.6 Å². The molecule has 4 rings (SSSR count). The number of hydrogen-bond acceptors (Lipinski definition) is 4. The predicted molar refractivity (Wildman–Crippen MR) is 122 cm³/mol. The highest BCUT2D eigenvalue weighted by atomic mass is 19.4. The third-order valence-electron chi connectivity index (χ3n) is 5.13. The Kier molecular flexibility index (Phi) is 6.22. The summed E-state index contributed by atoms with van der Waals surface area (Å²) in [5.74, 6) is 0.571. The molecular weight excluding hydrogens is 449 g/mol. The Bertz CT molecular complexity index is 1420. The monoisotopic (exact) mass is 468 g/mol. The molecule has 0 spiro atoms. The van der Waals surface area contributed by atoms with Gasteiger partial charge in [0.05, 0.1) is 23.8 Å². The highest BCUT2D eigenvalue weighted by molar-refractivity contribution is 6.01. The van der Waals surface area contributed by atoms with Gasteiger partial charge in [0.15, 0.2) is 0 Å². The number of aromatic amines is 1. The number of hydrogen-bond donors (Lipinski definition) is 3. The molecule has 0 saturated heterocycles. The summed E-state index contributed by atoms with van der Waals surface area (Å²) in [5, 5.41) is 12.2. The molecule has 3 aromatic carbocycles. The Morgan fingerprint density at radius 1 is 0.971 bits per heavy atom. The van der Waals surface area contributed by atoms with Gasteiger partial charge < -0.3 is 15.4 Å². The lowest BCUT2D eigenvalue weighted by molar-refractivity contribution is -0.138. The van der Waals surface area contributed by atoms with Gasteiger partial charge in [0.25, 0.3) is 5.56 Å². The second-order valence-corrected chi connectivity index (χ2v) is 7.40. The van der Waals surface area contributed by atoms with Gasteiger partial charge in [0, 0.05) is 29.2 Å². The average Bonchev–Trinajstić information content (AvgIpc) is 2.81. The molecule has 174 valence electrons. The number of benzene rings is 3. The minimum Gasteiger partial charge on any atom is -0.497 e.